The van der Waals surface area contributed by atoms with Gasteiger partial charge in [-0.1, -0.05) is 97.1 Å². The predicted octanol–water partition coefficient (Wildman–Crippen LogP) is 5.70. The van der Waals surface area contributed by atoms with Crippen molar-refractivity contribution in [3.63, 3.8) is 0 Å². The fourth-order valence-corrected chi connectivity index (χ4v) is 10.8. The zero-order valence-electron chi connectivity index (χ0n) is 49.9. The Balaban J connectivity index is 0.000000992. The number of para-hydroxylation sites is 3. The summed E-state index contributed by atoms with van der Waals surface area (Å²) in [7, 11) is -4.94. The van der Waals surface area contributed by atoms with Crippen LogP contribution in [0.3, 0.4) is 0 Å². The quantitative estimate of drug-likeness (QED) is 0.108. The van der Waals surface area contributed by atoms with Crippen LogP contribution in [0.15, 0.2) is 164 Å². The number of nitro benzene ring substituents is 4. The van der Waals surface area contributed by atoms with E-state index in [1.54, 1.807) is 12.1 Å². The molecule has 0 saturated heterocycles. The van der Waals surface area contributed by atoms with Gasteiger partial charge in [0.1, 0.15) is 61.5 Å². The molecule has 8 aromatic rings. The Hall–Kier alpha value is -10.1. The van der Waals surface area contributed by atoms with E-state index in [1.807, 2.05) is 88.7 Å². The molecule has 8 aromatic carbocycles. The van der Waals surface area contributed by atoms with Crippen LogP contribution < -0.4 is 47.5 Å². The highest BCUT2D eigenvalue weighted by Gasteiger charge is 2.29. The van der Waals surface area contributed by atoms with Crippen LogP contribution in [-0.4, -0.2) is 108 Å². The van der Waals surface area contributed by atoms with Crippen LogP contribution >= 0.6 is 0 Å². The van der Waals surface area contributed by atoms with Crippen molar-refractivity contribution in [1.82, 2.24) is 9.80 Å². The molecular weight excluding hydrogens is 1200 g/mol. The van der Waals surface area contributed by atoms with Crippen LogP contribution in [0, 0.1) is 73.4 Å². The Morgan fingerprint density at radius 3 is 1.24 bits per heavy atom. The lowest BCUT2D eigenvalue weighted by Crippen LogP contribution is -3.10. The number of halogens is 1. The summed E-state index contributed by atoms with van der Waals surface area (Å²) in [5.74, 6) is 1.90. The normalized spacial score (nSPS) is 16.5. The molecule has 1 unspecified atom stereocenters. The molecule has 3 heterocycles. The lowest BCUT2D eigenvalue weighted by Gasteiger charge is -2.33. The van der Waals surface area contributed by atoms with Crippen LogP contribution in [-0.2, 0) is 26.2 Å². The summed E-state index contributed by atoms with van der Waals surface area (Å²) >= 11 is 0. The standard InChI is InChI=1S/C60H59N9O11.2C2H3N.ClHO4/c70-66(71)49-21-23-54(56(38-49)68(74)75)64-29-27-61-25-26-63(43-53-51-16-6-1-11-44(51)37-45-12-2-7-17-52(45)53)40-46-13-3-8-18-58(46)78-34-31-62(32-35-79-59-19-9-4-14-47(59)41-64)33-36-80-60-20-10-5-15-48(60)42-65(30-28-61)55-24-22-50(67(72)73)39-57(55)69(76)77;2*1-2-3;2-1(3,4)5/h1-24,37-39H,25-36,40-43H2;2*1H3;(H,2,3,4,5). The monoisotopic (exact) mass is 1260 g/mol. The minimum atomic E-state index is -4.94. The van der Waals surface area contributed by atoms with Gasteiger partial charge in [0.15, 0.2) is 0 Å². The van der Waals surface area contributed by atoms with Crippen molar-refractivity contribution in [2.45, 2.75) is 40.0 Å². The maximum atomic E-state index is 12.9. The highest BCUT2D eigenvalue weighted by molar-refractivity contribution is 6.02. The summed E-state index contributed by atoms with van der Waals surface area (Å²) in [5.41, 5.74) is 2.33. The van der Waals surface area contributed by atoms with Crippen LogP contribution in [0.2, 0.25) is 0 Å². The number of anilines is 2. The summed E-state index contributed by atoms with van der Waals surface area (Å²) in [6, 6.07) is 53.0. The van der Waals surface area contributed by atoms with E-state index >= 15 is 0 Å². The molecule has 0 amide bonds. The van der Waals surface area contributed by atoms with E-state index in [0.717, 1.165) is 56.1 Å². The number of nitro groups is 4. The summed E-state index contributed by atoms with van der Waals surface area (Å²) in [6.45, 7) is 8.64. The lowest BCUT2D eigenvalue weighted by atomic mass is 9.96. The number of quaternary nitrogens is 1. The van der Waals surface area contributed by atoms with E-state index in [0.29, 0.717) is 77.0 Å². The lowest BCUT2D eigenvalue weighted by molar-refractivity contribution is -2.00. The first-order valence-corrected chi connectivity index (χ1v) is 29.9. The van der Waals surface area contributed by atoms with Gasteiger partial charge in [-0.15, -0.1) is 10.2 Å². The van der Waals surface area contributed by atoms with Gasteiger partial charge < -0.3 is 28.9 Å². The van der Waals surface area contributed by atoms with E-state index in [1.165, 1.54) is 48.6 Å². The van der Waals surface area contributed by atoms with Gasteiger partial charge >= 0.3 is 0 Å². The highest BCUT2D eigenvalue weighted by Crippen LogP contribution is 2.37. The third kappa shape index (κ3) is 19.9. The summed E-state index contributed by atoms with van der Waals surface area (Å²) in [4.78, 5) is 56.7. The summed E-state index contributed by atoms with van der Waals surface area (Å²) in [6.07, 6.45) is 0. The number of rotatable bonds is 8. The molecule has 474 valence electrons. The Labute approximate surface area is 526 Å². The van der Waals surface area contributed by atoms with Gasteiger partial charge in [0.2, 0.25) is 0 Å². The Kier molecular flexibility index (Phi) is 25.1. The molecule has 0 aromatic heterocycles. The minimum Gasteiger partial charge on any atom is -0.492 e. The fraction of sp³-hybridized carbons (Fsp3) is 0.281. The second-order valence-electron chi connectivity index (χ2n) is 20.7. The third-order valence-corrected chi connectivity index (χ3v) is 15.0. The number of fused-ring (bicyclic) bond motifs is 17. The van der Waals surface area contributed by atoms with Crippen LogP contribution in [0.5, 0.6) is 17.2 Å². The number of hydrogen-bond donors (Lipinski definition) is 1. The third-order valence-electron chi connectivity index (χ3n) is 15.0. The molecule has 0 fully saturated rings. The van der Waals surface area contributed by atoms with Gasteiger partial charge in [-0.2, -0.15) is 10.5 Å². The molecule has 2 bridgehead atoms. The minimum absolute atomic E-state index is 0.133. The number of nitrogens with zero attached hydrogens (tertiary/aromatic N) is 10. The topological polar surface area (TPSA) is 357 Å². The first-order chi connectivity index (χ1) is 43.8. The average molecular weight is 1260 g/mol. The zero-order chi connectivity index (χ0) is 65.5. The predicted molar refractivity (Wildman–Crippen MR) is 328 cm³/mol. The van der Waals surface area contributed by atoms with Crippen molar-refractivity contribution in [1.29, 1.82) is 10.5 Å². The van der Waals surface area contributed by atoms with Gasteiger partial charge in [-0.05, 0) is 64.0 Å². The Morgan fingerprint density at radius 1 is 0.473 bits per heavy atom. The number of nitrogens with one attached hydrogen (secondary N) is 1. The second kappa shape index (κ2) is 33.5. The van der Waals surface area contributed by atoms with Crippen molar-refractivity contribution >= 4 is 55.7 Å². The molecule has 0 saturated carbocycles. The Morgan fingerprint density at radius 2 is 0.835 bits per heavy atom. The average Bonchev–Trinajstić information content (AvgIpc) is 0.818. The molecular formula is C64H66ClN11O15. The molecule has 27 heteroatoms. The Bertz CT molecular complexity index is 3690. The number of hydrogen-bond acceptors (Lipinski definition) is 21. The van der Waals surface area contributed by atoms with E-state index in [2.05, 4.69) is 58.3 Å². The zero-order valence-corrected chi connectivity index (χ0v) is 50.6. The molecule has 0 aliphatic carbocycles. The molecule has 3 aliphatic heterocycles. The van der Waals surface area contributed by atoms with Crippen LogP contribution in [0.1, 0.15) is 36.1 Å². The number of non-ortho nitro benzene ring substituents is 2. The molecule has 1 atom stereocenters. The first kappa shape index (κ1) is 68.4. The smallest absolute Gasteiger partial charge is 0.299 e. The number of benzene rings is 8. The highest BCUT2D eigenvalue weighted by atomic mass is 35.7. The molecule has 3 aliphatic rings. The van der Waals surface area contributed by atoms with E-state index in [9.17, 15) is 40.5 Å². The maximum absolute atomic E-state index is 12.9. The SMILES string of the molecule is CC#N.CC#N.O=[N+]([O-])c1ccc(N2CCN3CCN(c4ccc([N+](=O)[O-])cc4[N+](=O)[O-])Cc4ccccc4OCCN(CCOc4ccccc4C2)CCOc2ccccc2C[NH+](Cc2c4ccccc4cc4ccccc24)CC3)c([N+](=O)[O-])c1.[O-][Cl+3]([O-])([O-])[O-]. The fourth-order valence-electron chi connectivity index (χ4n) is 10.8. The van der Waals surface area contributed by atoms with E-state index in [-0.39, 0.29) is 50.8 Å². The van der Waals surface area contributed by atoms with Gasteiger partial charge in [-0.3, -0.25) is 50.3 Å². The number of ether oxygens (including phenoxy) is 3. The van der Waals surface area contributed by atoms with Gasteiger partial charge in [0.25, 0.3) is 22.7 Å². The summed E-state index contributed by atoms with van der Waals surface area (Å²) in [5, 5.41) is 69.1. The van der Waals surface area contributed by atoms with Gasteiger partial charge in [-0.25, -0.2) is 18.6 Å². The van der Waals surface area contributed by atoms with Crippen molar-refractivity contribution in [2.24, 2.45) is 0 Å². The van der Waals surface area contributed by atoms with Crippen molar-refractivity contribution in [2.75, 3.05) is 88.5 Å². The second-order valence-corrected chi connectivity index (χ2v) is 21.5. The van der Waals surface area contributed by atoms with E-state index < -0.39 is 52.7 Å². The number of nitriles is 2. The van der Waals surface area contributed by atoms with Gasteiger partial charge in [0.05, 0.1) is 50.5 Å². The molecule has 26 nitrogen and oxygen atoms in total. The van der Waals surface area contributed by atoms with Crippen molar-refractivity contribution in [3.8, 4) is 29.4 Å². The van der Waals surface area contributed by atoms with Crippen molar-refractivity contribution in [3.05, 3.63) is 227 Å². The summed E-state index contributed by atoms with van der Waals surface area (Å²) < 4.78 is 53.8. The van der Waals surface area contributed by atoms with Gasteiger partial charge in [0, 0.05) is 114 Å². The van der Waals surface area contributed by atoms with E-state index in [4.69, 9.17) is 43.4 Å². The van der Waals surface area contributed by atoms with Crippen LogP contribution in [0.4, 0.5) is 34.1 Å². The van der Waals surface area contributed by atoms with Crippen LogP contribution in [0.25, 0.3) is 21.5 Å². The molecule has 91 heavy (non-hydrogen) atoms. The maximum Gasteiger partial charge on any atom is 0.299 e. The molecule has 0 radical (unpaired) electrons. The first-order valence-electron chi connectivity index (χ1n) is 28.7. The largest absolute Gasteiger partial charge is 0.492 e. The molecule has 0 spiro atoms. The molecule has 1 N–H and O–H groups in total. The van der Waals surface area contributed by atoms with Crippen molar-refractivity contribution < 1.29 is 67.7 Å². The molecule has 11 rings (SSSR count).